The van der Waals surface area contributed by atoms with Gasteiger partial charge >= 0.3 is 0 Å². The van der Waals surface area contributed by atoms with Crippen molar-refractivity contribution in [2.45, 2.75) is 39.3 Å². The Balaban J connectivity index is 2.77. The summed E-state index contributed by atoms with van der Waals surface area (Å²) >= 11 is 0. The van der Waals surface area contributed by atoms with Gasteiger partial charge in [-0.05, 0) is 45.9 Å². The molecule has 0 atom stereocenters. The van der Waals surface area contributed by atoms with Crippen molar-refractivity contribution in [1.82, 2.24) is 4.57 Å². The van der Waals surface area contributed by atoms with Gasteiger partial charge < -0.3 is 14.4 Å². The van der Waals surface area contributed by atoms with E-state index in [1.807, 2.05) is 38.2 Å². The Morgan fingerprint density at radius 2 is 1.94 bits per heavy atom. The fourth-order valence-electron chi connectivity index (χ4n) is 2.28. The second-order valence-electron chi connectivity index (χ2n) is 5.49. The summed E-state index contributed by atoms with van der Waals surface area (Å²) in [6, 6.07) is 6.34. The lowest BCUT2D eigenvalue weighted by molar-refractivity contribution is 0.0799. The smallest absolute Gasteiger partial charge is 0.119 e. The van der Waals surface area contributed by atoms with E-state index in [1.165, 1.54) is 0 Å². The van der Waals surface area contributed by atoms with Crippen molar-refractivity contribution < 1.29 is 9.84 Å². The van der Waals surface area contributed by atoms with Crippen molar-refractivity contribution in [2.24, 2.45) is 0 Å². The molecular weight excluding hydrogens is 226 g/mol. The molecule has 2 aromatic rings. The molecule has 0 aliphatic heterocycles. The first-order valence-electron chi connectivity index (χ1n) is 6.26. The number of ether oxygens (including phenoxy) is 1. The summed E-state index contributed by atoms with van der Waals surface area (Å²) < 4.78 is 7.45. The van der Waals surface area contributed by atoms with Crippen molar-refractivity contribution in [2.75, 3.05) is 7.11 Å². The number of nitrogens with zero attached hydrogens (tertiary/aromatic N) is 1. The third-order valence-electron chi connectivity index (χ3n) is 3.26. The zero-order valence-corrected chi connectivity index (χ0v) is 11.7. The number of methoxy groups -OCH3 is 1. The van der Waals surface area contributed by atoms with Crippen LogP contribution < -0.4 is 4.74 Å². The molecule has 0 saturated heterocycles. The second kappa shape index (κ2) is 4.32. The van der Waals surface area contributed by atoms with Gasteiger partial charge in [0.05, 0.1) is 12.7 Å². The van der Waals surface area contributed by atoms with E-state index in [0.717, 1.165) is 22.2 Å². The summed E-state index contributed by atoms with van der Waals surface area (Å²) in [7, 11) is 1.66. The van der Waals surface area contributed by atoms with Gasteiger partial charge in [-0.2, -0.15) is 0 Å². The van der Waals surface area contributed by atoms with Crippen molar-refractivity contribution in [3.63, 3.8) is 0 Å². The Kier molecular flexibility index (Phi) is 3.11. The van der Waals surface area contributed by atoms with Gasteiger partial charge in [-0.3, -0.25) is 0 Å². The first kappa shape index (κ1) is 13.0. The molecule has 0 aliphatic carbocycles. The molecule has 0 amide bonds. The number of rotatable bonds is 3. The van der Waals surface area contributed by atoms with Crippen LogP contribution in [-0.2, 0) is 5.60 Å². The summed E-state index contributed by atoms with van der Waals surface area (Å²) in [5, 5.41) is 11.3. The summed E-state index contributed by atoms with van der Waals surface area (Å²) in [6.07, 6.45) is 2.04. The summed E-state index contributed by atoms with van der Waals surface area (Å²) in [5.74, 6) is 0.814. The molecule has 0 unspecified atom stereocenters. The normalized spacial score (nSPS) is 12.4. The van der Waals surface area contributed by atoms with Crippen molar-refractivity contribution in [3.8, 4) is 5.75 Å². The molecule has 0 saturated carbocycles. The minimum absolute atomic E-state index is 0.358. The Bertz CT molecular complexity index is 562. The number of hydrogen-bond acceptors (Lipinski definition) is 2. The lowest BCUT2D eigenvalue weighted by atomic mass is 9.98. The number of aliphatic hydroxyl groups is 1. The van der Waals surface area contributed by atoms with Gasteiger partial charge in [0.15, 0.2) is 0 Å². The van der Waals surface area contributed by atoms with E-state index in [9.17, 15) is 5.11 Å². The number of aromatic nitrogens is 1. The van der Waals surface area contributed by atoms with E-state index in [0.29, 0.717) is 6.04 Å². The first-order valence-corrected chi connectivity index (χ1v) is 6.26. The predicted octanol–water partition coefficient (Wildman–Crippen LogP) is 3.46. The predicted molar refractivity (Wildman–Crippen MR) is 74.1 cm³/mol. The van der Waals surface area contributed by atoms with E-state index in [4.69, 9.17) is 4.74 Å². The number of benzene rings is 1. The maximum absolute atomic E-state index is 10.3. The van der Waals surface area contributed by atoms with Crippen LogP contribution in [0.5, 0.6) is 5.75 Å². The van der Waals surface area contributed by atoms with Crippen LogP contribution >= 0.6 is 0 Å². The number of fused-ring (bicyclic) bond motifs is 1. The SMILES string of the molecule is COc1ccc2c(c1)c(C(C)(C)O)cn2C(C)C. The highest BCUT2D eigenvalue weighted by Crippen LogP contribution is 2.34. The third-order valence-corrected chi connectivity index (χ3v) is 3.26. The highest BCUT2D eigenvalue weighted by Gasteiger charge is 2.23. The number of hydrogen-bond donors (Lipinski definition) is 1. The van der Waals surface area contributed by atoms with Gasteiger partial charge in [-0.15, -0.1) is 0 Å². The zero-order valence-electron chi connectivity index (χ0n) is 11.7. The standard InChI is InChI=1S/C15H21NO2/c1-10(2)16-9-13(15(3,4)17)12-8-11(18-5)6-7-14(12)16/h6-10,17H,1-5H3. The van der Waals surface area contributed by atoms with Crippen LogP contribution in [0.3, 0.4) is 0 Å². The van der Waals surface area contributed by atoms with Gasteiger partial charge in [0.1, 0.15) is 5.75 Å². The zero-order chi connectivity index (χ0) is 13.5. The van der Waals surface area contributed by atoms with Crippen molar-refractivity contribution in [3.05, 3.63) is 30.0 Å². The van der Waals surface area contributed by atoms with Gasteiger partial charge in [-0.25, -0.2) is 0 Å². The lowest BCUT2D eigenvalue weighted by Gasteiger charge is -2.16. The largest absolute Gasteiger partial charge is 0.497 e. The molecule has 98 valence electrons. The molecule has 1 heterocycles. The van der Waals surface area contributed by atoms with Crippen LogP contribution in [0.2, 0.25) is 0 Å². The molecule has 3 heteroatoms. The van der Waals surface area contributed by atoms with E-state index in [1.54, 1.807) is 7.11 Å². The van der Waals surface area contributed by atoms with E-state index in [2.05, 4.69) is 18.4 Å². The fraction of sp³-hybridized carbons (Fsp3) is 0.467. The topological polar surface area (TPSA) is 34.4 Å². The lowest BCUT2D eigenvalue weighted by Crippen LogP contribution is -2.14. The van der Waals surface area contributed by atoms with Crippen LogP contribution in [-0.4, -0.2) is 16.8 Å². The molecule has 0 spiro atoms. The summed E-state index contributed by atoms with van der Waals surface area (Å²) in [5.41, 5.74) is 1.21. The molecule has 3 nitrogen and oxygen atoms in total. The molecule has 0 aliphatic rings. The van der Waals surface area contributed by atoms with Gasteiger partial charge in [-0.1, -0.05) is 0 Å². The Morgan fingerprint density at radius 1 is 1.28 bits per heavy atom. The molecule has 0 fully saturated rings. The molecule has 1 N–H and O–H groups in total. The molecule has 1 aromatic carbocycles. The highest BCUT2D eigenvalue weighted by atomic mass is 16.5. The molecule has 1 aromatic heterocycles. The van der Waals surface area contributed by atoms with Crippen LogP contribution in [0, 0.1) is 0 Å². The maximum Gasteiger partial charge on any atom is 0.119 e. The minimum atomic E-state index is -0.856. The minimum Gasteiger partial charge on any atom is -0.497 e. The monoisotopic (exact) mass is 247 g/mol. The summed E-state index contributed by atoms with van der Waals surface area (Å²) in [4.78, 5) is 0. The molecule has 18 heavy (non-hydrogen) atoms. The van der Waals surface area contributed by atoms with Crippen LogP contribution in [0.15, 0.2) is 24.4 Å². The summed E-state index contributed by atoms with van der Waals surface area (Å²) in [6.45, 7) is 7.90. The van der Waals surface area contributed by atoms with Gasteiger partial charge in [0, 0.05) is 28.7 Å². The molecule has 0 radical (unpaired) electrons. The van der Waals surface area contributed by atoms with Crippen LogP contribution in [0.25, 0.3) is 10.9 Å². The Morgan fingerprint density at radius 3 is 2.44 bits per heavy atom. The quantitative estimate of drug-likeness (QED) is 0.901. The van der Waals surface area contributed by atoms with Crippen LogP contribution in [0.4, 0.5) is 0 Å². The average molecular weight is 247 g/mol. The molecular formula is C15H21NO2. The third kappa shape index (κ3) is 2.10. The first-order chi connectivity index (χ1) is 8.34. The Labute approximate surface area is 108 Å². The van der Waals surface area contributed by atoms with Gasteiger partial charge in [0.25, 0.3) is 0 Å². The molecule has 0 bridgehead atoms. The van der Waals surface area contributed by atoms with Crippen molar-refractivity contribution >= 4 is 10.9 Å². The second-order valence-corrected chi connectivity index (χ2v) is 5.49. The fourth-order valence-corrected chi connectivity index (χ4v) is 2.28. The van der Waals surface area contributed by atoms with E-state index >= 15 is 0 Å². The molecule has 2 rings (SSSR count). The Hall–Kier alpha value is -1.48. The average Bonchev–Trinajstić information content (AvgIpc) is 2.66. The van der Waals surface area contributed by atoms with Crippen LogP contribution in [0.1, 0.15) is 39.3 Å². The maximum atomic E-state index is 10.3. The van der Waals surface area contributed by atoms with E-state index in [-0.39, 0.29) is 0 Å². The van der Waals surface area contributed by atoms with Gasteiger partial charge in [0.2, 0.25) is 0 Å². The van der Waals surface area contributed by atoms with E-state index < -0.39 is 5.60 Å². The highest BCUT2D eigenvalue weighted by molar-refractivity contribution is 5.86. The van der Waals surface area contributed by atoms with Crippen molar-refractivity contribution in [1.29, 1.82) is 0 Å².